The van der Waals surface area contributed by atoms with Gasteiger partial charge in [0, 0.05) is 23.9 Å². The van der Waals surface area contributed by atoms with Crippen LogP contribution in [0.25, 0.3) is 11.4 Å². The van der Waals surface area contributed by atoms with Gasteiger partial charge in [0.1, 0.15) is 19.0 Å². The molecule has 35 heavy (non-hydrogen) atoms. The lowest BCUT2D eigenvalue weighted by molar-refractivity contribution is -0.117. The number of aromatic nitrogens is 3. The number of nitrogens with one attached hydrogen (secondary N) is 2. The van der Waals surface area contributed by atoms with E-state index < -0.39 is 11.9 Å². The van der Waals surface area contributed by atoms with Crippen LogP contribution in [0, 0.1) is 0 Å². The van der Waals surface area contributed by atoms with E-state index in [2.05, 4.69) is 27.8 Å². The Morgan fingerprint density at radius 3 is 2.60 bits per heavy atom. The van der Waals surface area contributed by atoms with Gasteiger partial charge in [0.15, 0.2) is 22.5 Å². The van der Waals surface area contributed by atoms with E-state index in [0.29, 0.717) is 35.6 Å². The number of carbonyl (C=O) groups excluding carboxylic acids is 2. The average Bonchev–Trinajstić information content (AvgIpc) is 3.28. The van der Waals surface area contributed by atoms with Crippen molar-refractivity contribution in [1.29, 1.82) is 0 Å². The van der Waals surface area contributed by atoms with E-state index in [4.69, 9.17) is 14.2 Å². The van der Waals surface area contributed by atoms with Gasteiger partial charge in [-0.3, -0.25) is 10.1 Å². The van der Waals surface area contributed by atoms with Crippen molar-refractivity contribution < 1.29 is 23.8 Å². The number of anilines is 1. The molecule has 0 saturated carbocycles. The van der Waals surface area contributed by atoms with E-state index in [0.717, 1.165) is 36.5 Å². The first kappa shape index (κ1) is 24.4. The molecular weight excluding hydrogens is 470 g/mol. The van der Waals surface area contributed by atoms with Gasteiger partial charge in [-0.25, -0.2) is 4.79 Å². The number of hydrogen-bond donors (Lipinski definition) is 2. The number of rotatable bonds is 9. The summed E-state index contributed by atoms with van der Waals surface area (Å²) in [5, 5.41) is 14.2. The predicted octanol–water partition coefficient (Wildman–Crippen LogP) is 3.97. The van der Waals surface area contributed by atoms with Crippen molar-refractivity contribution in [1.82, 2.24) is 20.1 Å². The number of fused-ring (bicyclic) bond motifs is 1. The molecule has 0 unspecified atom stereocenters. The molecule has 1 aromatic heterocycles. The topological polar surface area (TPSA) is 117 Å². The highest BCUT2D eigenvalue weighted by Gasteiger charge is 2.17. The quantitative estimate of drug-likeness (QED) is 0.427. The summed E-state index contributed by atoms with van der Waals surface area (Å²) < 4.78 is 18.2. The van der Waals surface area contributed by atoms with Crippen molar-refractivity contribution in [3.8, 4) is 28.6 Å². The second-order valence-corrected chi connectivity index (χ2v) is 8.63. The highest BCUT2D eigenvalue weighted by atomic mass is 32.2. The van der Waals surface area contributed by atoms with E-state index >= 15 is 0 Å². The molecule has 4 rings (SSSR count). The Kier molecular flexibility index (Phi) is 8.09. The van der Waals surface area contributed by atoms with E-state index in [1.165, 1.54) is 11.8 Å². The molecule has 11 heteroatoms. The fourth-order valence-electron chi connectivity index (χ4n) is 3.44. The first-order valence-corrected chi connectivity index (χ1v) is 12.3. The molecule has 0 atom stereocenters. The van der Waals surface area contributed by atoms with Crippen molar-refractivity contribution >= 4 is 29.4 Å². The lowest BCUT2D eigenvalue weighted by Crippen LogP contribution is -2.35. The fraction of sp³-hybridized carbons (Fsp3) is 0.333. The second-order valence-electron chi connectivity index (χ2n) is 7.69. The lowest BCUT2D eigenvalue weighted by Gasteiger charge is -2.19. The third-order valence-corrected chi connectivity index (χ3v) is 6.15. The van der Waals surface area contributed by atoms with Crippen LogP contribution in [0.2, 0.25) is 0 Å². The number of hydrogen-bond acceptors (Lipinski definition) is 8. The van der Waals surface area contributed by atoms with Crippen LogP contribution in [0.15, 0.2) is 47.6 Å². The zero-order chi connectivity index (χ0) is 24.6. The first-order valence-electron chi connectivity index (χ1n) is 11.3. The first-order chi connectivity index (χ1) is 17.1. The van der Waals surface area contributed by atoms with Crippen LogP contribution in [0.3, 0.4) is 0 Å². The summed E-state index contributed by atoms with van der Waals surface area (Å²) in [5.74, 6) is 2.23. The molecule has 0 saturated heterocycles. The van der Waals surface area contributed by atoms with Crippen LogP contribution in [-0.2, 0) is 11.3 Å². The molecule has 1 aliphatic heterocycles. The predicted molar refractivity (Wildman–Crippen MR) is 132 cm³/mol. The van der Waals surface area contributed by atoms with Crippen LogP contribution in [0.1, 0.15) is 19.8 Å². The molecule has 1 aliphatic rings. The molecule has 2 aromatic carbocycles. The van der Waals surface area contributed by atoms with Crippen molar-refractivity contribution in [2.75, 3.05) is 31.4 Å². The zero-order valence-electron chi connectivity index (χ0n) is 19.6. The van der Waals surface area contributed by atoms with E-state index in [-0.39, 0.29) is 5.75 Å². The molecule has 184 valence electrons. The maximum Gasteiger partial charge on any atom is 0.325 e. The van der Waals surface area contributed by atoms with Gasteiger partial charge in [-0.15, -0.1) is 10.2 Å². The minimum absolute atomic E-state index is 0.0153. The van der Waals surface area contributed by atoms with Crippen LogP contribution in [0.5, 0.6) is 17.2 Å². The number of benzene rings is 2. The highest BCUT2D eigenvalue weighted by Crippen LogP contribution is 2.32. The maximum absolute atomic E-state index is 12.4. The van der Waals surface area contributed by atoms with E-state index in [1.54, 1.807) is 25.3 Å². The minimum atomic E-state index is -0.626. The van der Waals surface area contributed by atoms with Crippen molar-refractivity contribution in [2.24, 2.45) is 0 Å². The summed E-state index contributed by atoms with van der Waals surface area (Å²) in [6, 6.07) is 12.0. The number of carbonyl (C=O) groups is 2. The number of ether oxygens (including phenoxy) is 3. The number of nitrogens with zero attached hydrogens (tertiary/aromatic N) is 3. The molecule has 3 amide bonds. The largest absolute Gasteiger partial charge is 0.497 e. The normalized spacial score (nSPS) is 12.2. The van der Waals surface area contributed by atoms with Gasteiger partial charge in [-0.1, -0.05) is 25.1 Å². The van der Waals surface area contributed by atoms with Crippen molar-refractivity contribution in [2.45, 2.75) is 31.5 Å². The molecule has 0 bridgehead atoms. The molecule has 2 heterocycles. The third-order valence-electron chi connectivity index (χ3n) is 5.19. The summed E-state index contributed by atoms with van der Waals surface area (Å²) in [7, 11) is 1.62. The minimum Gasteiger partial charge on any atom is -0.497 e. The Morgan fingerprint density at radius 2 is 1.86 bits per heavy atom. The van der Waals surface area contributed by atoms with E-state index in [1.807, 2.05) is 28.8 Å². The molecule has 3 aromatic rings. The van der Waals surface area contributed by atoms with Crippen LogP contribution in [-0.4, -0.2) is 52.8 Å². The summed E-state index contributed by atoms with van der Waals surface area (Å²) in [6.45, 7) is 3.76. The Morgan fingerprint density at radius 1 is 1.09 bits per heavy atom. The second kappa shape index (κ2) is 11.6. The zero-order valence-corrected chi connectivity index (χ0v) is 20.4. The molecule has 0 aliphatic carbocycles. The van der Waals surface area contributed by atoms with Crippen LogP contribution >= 0.6 is 11.8 Å². The number of thioether (sulfide) groups is 1. The SMILES string of the molecule is CCCCn1c(SCC(=O)NC(=O)Nc2ccc3c(c2)OCCO3)nnc1-c1ccc(OC)cc1. The van der Waals surface area contributed by atoms with Gasteiger partial charge in [0.25, 0.3) is 0 Å². The van der Waals surface area contributed by atoms with Gasteiger partial charge in [-0.05, 0) is 42.8 Å². The number of imide groups is 1. The number of urea groups is 1. The fourth-order valence-corrected chi connectivity index (χ4v) is 4.21. The standard InChI is InChI=1S/C24H27N5O5S/c1-3-4-11-29-22(16-5-8-18(32-2)9-6-16)27-28-24(29)35-15-21(30)26-23(31)25-17-7-10-19-20(14-17)34-13-12-33-19/h5-10,14H,3-4,11-13,15H2,1-2H3,(H2,25,26,30,31). The molecule has 0 spiro atoms. The summed E-state index contributed by atoms with van der Waals surface area (Å²) >= 11 is 1.23. The molecule has 2 N–H and O–H groups in total. The van der Waals surface area contributed by atoms with Crippen LogP contribution in [0.4, 0.5) is 10.5 Å². The Hall–Kier alpha value is -3.73. The Balaban J connectivity index is 1.36. The third kappa shape index (κ3) is 6.24. The number of unbranched alkanes of at least 4 members (excludes halogenated alkanes) is 1. The lowest BCUT2D eigenvalue weighted by atomic mass is 10.2. The van der Waals surface area contributed by atoms with Gasteiger partial charge in [0.2, 0.25) is 5.91 Å². The van der Waals surface area contributed by atoms with Gasteiger partial charge >= 0.3 is 6.03 Å². The molecule has 0 radical (unpaired) electrons. The van der Waals surface area contributed by atoms with Gasteiger partial charge < -0.3 is 24.1 Å². The maximum atomic E-state index is 12.4. The summed E-state index contributed by atoms with van der Waals surface area (Å²) in [5.41, 5.74) is 1.40. The average molecular weight is 498 g/mol. The van der Waals surface area contributed by atoms with Gasteiger partial charge in [-0.2, -0.15) is 0 Å². The Labute approximate surface area is 207 Å². The van der Waals surface area contributed by atoms with E-state index in [9.17, 15) is 9.59 Å². The Bertz CT molecular complexity index is 1180. The van der Waals surface area contributed by atoms with Crippen molar-refractivity contribution in [3.05, 3.63) is 42.5 Å². The van der Waals surface area contributed by atoms with Crippen LogP contribution < -0.4 is 24.8 Å². The monoisotopic (exact) mass is 497 g/mol. The summed E-state index contributed by atoms with van der Waals surface area (Å²) in [6.07, 6.45) is 1.95. The number of methoxy groups -OCH3 is 1. The highest BCUT2D eigenvalue weighted by molar-refractivity contribution is 7.99. The summed E-state index contributed by atoms with van der Waals surface area (Å²) in [4.78, 5) is 24.7. The molecule has 0 fully saturated rings. The van der Waals surface area contributed by atoms with Crippen molar-refractivity contribution in [3.63, 3.8) is 0 Å². The van der Waals surface area contributed by atoms with Gasteiger partial charge in [0.05, 0.1) is 12.9 Å². The molecular formula is C24H27N5O5S. The number of amides is 3. The molecule has 10 nitrogen and oxygen atoms in total. The smallest absolute Gasteiger partial charge is 0.325 e.